The molecule has 178 valence electrons. The first-order chi connectivity index (χ1) is 16.8. The molecule has 11 heteroatoms. The lowest BCUT2D eigenvalue weighted by atomic mass is 10.0. The Kier molecular flexibility index (Phi) is 4.71. The summed E-state index contributed by atoms with van der Waals surface area (Å²) < 4.78 is 48.6. The molecule has 3 aromatic heterocycles. The van der Waals surface area contributed by atoms with Crippen molar-refractivity contribution in [3.8, 4) is 17.2 Å². The predicted molar refractivity (Wildman–Crippen MR) is 123 cm³/mol. The van der Waals surface area contributed by atoms with E-state index in [-0.39, 0.29) is 17.4 Å². The molecule has 1 aliphatic heterocycles. The molecule has 8 nitrogen and oxygen atoms in total. The zero-order valence-corrected chi connectivity index (χ0v) is 18.8. The number of hydrogen-bond acceptors (Lipinski definition) is 4. The molecule has 1 aliphatic rings. The second-order valence-corrected chi connectivity index (χ2v) is 8.54. The van der Waals surface area contributed by atoms with Crippen LogP contribution in [0.1, 0.15) is 24.2 Å². The van der Waals surface area contributed by atoms with E-state index >= 15 is 4.39 Å². The van der Waals surface area contributed by atoms with E-state index in [9.17, 15) is 13.6 Å². The van der Waals surface area contributed by atoms with Crippen molar-refractivity contribution in [1.82, 2.24) is 34.0 Å². The first-order valence-corrected chi connectivity index (χ1v) is 11.1. The van der Waals surface area contributed by atoms with Crippen LogP contribution >= 0.6 is 0 Å². The van der Waals surface area contributed by atoms with Crippen molar-refractivity contribution in [3.05, 3.63) is 88.1 Å². The number of benzene rings is 2. The lowest BCUT2D eigenvalue weighted by Gasteiger charge is -2.21. The summed E-state index contributed by atoms with van der Waals surface area (Å²) in [5, 5.41) is 12.4. The van der Waals surface area contributed by atoms with E-state index in [1.165, 1.54) is 44.5 Å². The molecule has 1 atom stereocenters. The second kappa shape index (κ2) is 7.70. The Hall–Kier alpha value is -4.12. The molecule has 35 heavy (non-hydrogen) atoms. The van der Waals surface area contributed by atoms with E-state index in [2.05, 4.69) is 15.5 Å². The molecule has 0 unspecified atom stereocenters. The highest BCUT2D eigenvalue weighted by Gasteiger charge is 2.29. The fourth-order valence-corrected chi connectivity index (χ4v) is 4.72. The fourth-order valence-electron chi connectivity index (χ4n) is 4.72. The standard InChI is InChI=1S/C24H20F3N7O/c1-13-21-18(7-8-28-13)30-34(14-3-4-16(25)17(26)11-14)23(21)33-10-9-32(24(33)35)20-6-5-19-15(22(20)27)12-29-31(19)2/h3-6,9-13,28H,7-8H2,1-2H3/t13-/m0/s1. The minimum atomic E-state index is -1.02. The van der Waals surface area contributed by atoms with Gasteiger partial charge in [0.2, 0.25) is 0 Å². The van der Waals surface area contributed by atoms with Gasteiger partial charge in [0.1, 0.15) is 5.82 Å². The van der Waals surface area contributed by atoms with Gasteiger partial charge in [0.25, 0.3) is 0 Å². The molecule has 0 spiro atoms. The Bertz CT molecular complexity index is 1680. The van der Waals surface area contributed by atoms with Gasteiger partial charge in [0.15, 0.2) is 17.5 Å². The minimum Gasteiger partial charge on any atom is -0.310 e. The Morgan fingerprint density at radius 1 is 1.06 bits per heavy atom. The van der Waals surface area contributed by atoms with Crippen molar-refractivity contribution in [2.24, 2.45) is 7.05 Å². The van der Waals surface area contributed by atoms with E-state index in [1.807, 2.05) is 6.92 Å². The molecule has 0 saturated carbocycles. The second-order valence-electron chi connectivity index (χ2n) is 8.54. The largest absolute Gasteiger partial charge is 0.338 e. The Balaban J connectivity index is 1.58. The van der Waals surface area contributed by atoms with E-state index in [0.717, 1.165) is 23.4 Å². The van der Waals surface area contributed by atoms with Gasteiger partial charge in [-0.05, 0) is 31.2 Å². The molecule has 0 bridgehead atoms. The van der Waals surface area contributed by atoms with E-state index in [1.54, 1.807) is 17.8 Å². The highest BCUT2D eigenvalue weighted by atomic mass is 19.2. The number of aryl methyl sites for hydroxylation is 1. The van der Waals surface area contributed by atoms with Crippen molar-refractivity contribution in [2.75, 3.05) is 6.54 Å². The smallest absolute Gasteiger partial charge is 0.310 e. The van der Waals surface area contributed by atoms with Gasteiger partial charge in [-0.2, -0.15) is 10.2 Å². The van der Waals surface area contributed by atoms with Crippen LogP contribution in [0.2, 0.25) is 0 Å². The number of nitrogens with one attached hydrogen (secondary N) is 1. The lowest BCUT2D eigenvalue weighted by molar-refractivity contribution is 0.507. The molecule has 6 rings (SSSR count). The van der Waals surface area contributed by atoms with Crippen LogP contribution in [0.4, 0.5) is 13.2 Å². The van der Waals surface area contributed by atoms with Crippen molar-refractivity contribution < 1.29 is 13.2 Å². The molecule has 0 aliphatic carbocycles. The minimum absolute atomic E-state index is 0.0770. The SMILES string of the molecule is C[C@@H]1NCCc2nn(-c3ccc(F)c(F)c3)c(-n3ccn(-c4ccc5c(cnn5C)c4F)c3=O)c21. The van der Waals surface area contributed by atoms with Gasteiger partial charge in [-0.1, -0.05) is 0 Å². The van der Waals surface area contributed by atoms with Crippen LogP contribution in [0, 0.1) is 17.5 Å². The van der Waals surface area contributed by atoms with E-state index in [4.69, 9.17) is 0 Å². The highest BCUT2D eigenvalue weighted by molar-refractivity contribution is 5.81. The lowest BCUT2D eigenvalue weighted by Crippen LogP contribution is -2.30. The number of hydrogen-bond donors (Lipinski definition) is 1. The van der Waals surface area contributed by atoms with Crippen LogP contribution in [-0.4, -0.2) is 35.2 Å². The normalized spacial score (nSPS) is 15.6. The molecule has 4 heterocycles. The van der Waals surface area contributed by atoms with Crippen LogP contribution in [0.5, 0.6) is 0 Å². The van der Waals surface area contributed by atoms with Gasteiger partial charge in [-0.15, -0.1) is 0 Å². The third-order valence-corrected chi connectivity index (χ3v) is 6.48. The Morgan fingerprint density at radius 2 is 1.86 bits per heavy atom. The summed E-state index contributed by atoms with van der Waals surface area (Å²) in [6.45, 7) is 2.63. The first kappa shape index (κ1) is 21.4. The number of halogens is 3. The van der Waals surface area contributed by atoms with Gasteiger partial charge in [0.05, 0.1) is 34.2 Å². The van der Waals surface area contributed by atoms with Crippen LogP contribution in [0.15, 0.2) is 53.7 Å². The van der Waals surface area contributed by atoms with Crippen molar-refractivity contribution in [3.63, 3.8) is 0 Å². The first-order valence-electron chi connectivity index (χ1n) is 11.1. The third-order valence-electron chi connectivity index (χ3n) is 6.48. The maximum atomic E-state index is 15.3. The molecule has 0 saturated heterocycles. The van der Waals surface area contributed by atoms with Crippen molar-refractivity contribution >= 4 is 10.9 Å². The molecular weight excluding hydrogens is 459 g/mol. The third kappa shape index (κ3) is 3.15. The van der Waals surface area contributed by atoms with Crippen LogP contribution in [-0.2, 0) is 13.5 Å². The molecule has 2 aromatic carbocycles. The summed E-state index contributed by atoms with van der Waals surface area (Å²) in [7, 11) is 1.71. The number of rotatable bonds is 3. The van der Waals surface area contributed by atoms with Gasteiger partial charge < -0.3 is 5.32 Å². The summed E-state index contributed by atoms with van der Waals surface area (Å²) in [5.74, 6) is -2.18. The van der Waals surface area contributed by atoms with Gasteiger partial charge in [-0.25, -0.2) is 22.6 Å². The zero-order chi connectivity index (χ0) is 24.4. The van der Waals surface area contributed by atoms with Gasteiger partial charge in [0, 0.05) is 50.1 Å². The summed E-state index contributed by atoms with van der Waals surface area (Å²) in [5.41, 5.74) is 1.93. The summed E-state index contributed by atoms with van der Waals surface area (Å²) in [6.07, 6.45) is 5.01. The maximum Gasteiger partial charge on any atom is 0.338 e. The number of fused-ring (bicyclic) bond motifs is 2. The van der Waals surface area contributed by atoms with Crippen LogP contribution < -0.4 is 11.0 Å². The average molecular weight is 479 g/mol. The summed E-state index contributed by atoms with van der Waals surface area (Å²) in [4.78, 5) is 13.6. The fraction of sp³-hybridized carbons (Fsp3) is 0.208. The Morgan fingerprint density at radius 3 is 2.66 bits per heavy atom. The van der Waals surface area contributed by atoms with Gasteiger partial charge >= 0.3 is 5.69 Å². The van der Waals surface area contributed by atoms with Gasteiger partial charge in [-0.3, -0.25) is 13.8 Å². The highest BCUT2D eigenvalue weighted by Crippen LogP contribution is 2.31. The monoisotopic (exact) mass is 479 g/mol. The molecular formula is C24H20F3N7O. The number of aromatic nitrogens is 6. The molecule has 5 aromatic rings. The van der Waals surface area contributed by atoms with Crippen molar-refractivity contribution in [2.45, 2.75) is 19.4 Å². The van der Waals surface area contributed by atoms with E-state index < -0.39 is 23.1 Å². The van der Waals surface area contributed by atoms with Crippen molar-refractivity contribution in [1.29, 1.82) is 0 Å². The molecule has 0 radical (unpaired) electrons. The number of nitrogens with zero attached hydrogens (tertiary/aromatic N) is 6. The molecule has 1 N–H and O–H groups in total. The molecule has 0 fully saturated rings. The molecule has 0 amide bonds. The Labute approximate surface area is 196 Å². The summed E-state index contributed by atoms with van der Waals surface area (Å²) >= 11 is 0. The number of imidazole rings is 1. The van der Waals surface area contributed by atoms with Crippen LogP contribution in [0.25, 0.3) is 28.1 Å². The van der Waals surface area contributed by atoms with E-state index in [0.29, 0.717) is 29.7 Å². The zero-order valence-electron chi connectivity index (χ0n) is 18.8. The maximum absolute atomic E-state index is 15.3. The summed E-state index contributed by atoms with van der Waals surface area (Å²) in [6, 6.07) is 6.53. The van der Waals surface area contributed by atoms with Crippen LogP contribution in [0.3, 0.4) is 0 Å². The predicted octanol–water partition coefficient (Wildman–Crippen LogP) is 3.32. The quantitative estimate of drug-likeness (QED) is 0.431. The average Bonchev–Trinajstić information content (AvgIpc) is 3.52. The topological polar surface area (TPSA) is 74.6 Å².